The van der Waals surface area contributed by atoms with Gasteiger partial charge in [0.05, 0.1) is 11.5 Å². The van der Waals surface area contributed by atoms with Gasteiger partial charge in [0, 0.05) is 9.89 Å². The lowest BCUT2D eigenvalue weighted by atomic mass is 9.88. The summed E-state index contributed by atoms with van der Waals surface area (Å²) < 4.78 is 0. The van der Waals surface area contributed by atoms with E-state index in [4.69, 9.17) is 23.8 Å². The second-order valence-corrected chi connectivity index (χ2v) is 8.05. The van der Waals surface area contributed by atoms with Gasteiger partial charge in [0.25, 0.3) is 0 Å². The Morgan fingerprint density at radius 1 is 0.857 bits per heavy atom. The standard InChI is InChI=1S/C24H22ClNOS/c1-24(2,22(28)19-13-15-20(25)16-14-19)26-23(27)21(17-9-5-3-6-10-17)18-11-7-4-8-12-18/h3-16,21H,1-2H3,(H,26,27). The first kappa shape index (κ1) is 20.2. The molecule has 0 radical (unpaired) electrons. The highest BCUT2D eigenvalue weighted by atomic mass is 35.5. The van der Waals surface area contributed by atoms with Crippen LogP contribution in [-0.4, -0.2) is 16.3 Å². The van der Waals surface area contributed by atoms with Gasteiger partial charge in [-0.2, -0.15) is 0 Å². The van der Waals surface area contributed by atoms with E-state index in [1.165, 1.54) is 0 Å². The molecule has 1 amide bonds. The summed E-state index contributed by atoms with van der Waals surface area (Å²) in [4.78, 5) is 14.0. The molecule has 3 aromatic carbocycles. The quantitative estimate of drug-likeness (QED) is 0.414. The monoisotopic (exact) mass is 407 g/mol. The molecule has 0 saturated carbocycles. The number of hydrogen-bond donors (Lipinski definition) is 1. The number of thiocarbonyl (C=S) groups is 1. The fourth-order valence-electron chi connectivity index (χ4n) is 3.19. The molecular formula is C24H22ClNOS. The van der Waals surface area contributed by atoms with Crippen molar-refractivity contribution in [1.29, 1.82) is 0 Å². The Hall–Kier alpha value is -2.49. The van der Waals surface area contributed by atoms with Crippen LogP contribution < -0.4 is 5.32 Å². The Bertz CT molecular complexity index is 913. The number of nitrogens with one attached hydrogen (secondary N) is 1. The number of halogens is 1. The van der Waals surface area contributed by atoms with Crippen molar-refractivity contribution >= 4 is 34.6 Å². The lowest BCUT2D eigenvalue weighted by Crippen LogP contribution is -2.51. The van der Waals surface area contributed by atoms with E-state index in [2.05, 4.69) is 5.32 Å². The predicted molar refractivity (Wildman–Crippen MR) is 120 cm³/mol. The summed E-state index contributed by atoms with van der Waals surface area (Å²) in [5, 5.41) is 3.81. The van der Waals surface area contributed by atoms with Gasteiger partial charge >= 0.3 is 0 Å². The highest BCUT2D eigenvalue weighted by Gasteiger charge is 2.31. The number of benzene rings is 3. The molecule has 3 rings (SSSR count). The van der Waals surface area contributed by atoms with E-state index in [9.17, 15) is 4.79 Å². The van der Waals surface area contributed by atoms with E-state index in [0.717, 1.165) is 16.7 Å². The zero-order chi connectivity index (χ0) is 20.1. The lowest BCUT2D eigenvalue weighted by molar-refractivity contribution is -0.122. The first-order chi connectivity index (χ1) is 13.4. The molecule has 3 aromatic rings. The number of carbonyl (C=O) groups excluding carboxylic acids is 1. The molecule has 0 unspecified atom stereocenters. The van der Waals surface area contributed by atoms with Crippen LogP contribution in [0.25, 0.3) is 0 Å². The van der Waals surface area contributed by atoms with Crippen molar-refractivity contribution < 1.29 is 4.79 Å². The first-order valence-electron chi connectivity index (χ1n) is 9.11. The van der Waals surface area contributed by atoms with Gasteiger partial charge in [-0.1, -0.05) is 96.6 Å². The summed E-state index contributed by atoms with van der Waals surface area (Å²) in [6.45, 7) is 3.85. The third-order valence-electron chi connectivity index (χ3n) is 4.64. The molecule has 0 aliphatic heterocycles. The van der Waals surface area contributed by atoms with E-state index >= 15 is 0 Å². The van der Waals surface area contributed by atoms with E-state index < -0.39 is 11.5 Å². The summed E-state index contributed by atoms with van der Waals surface area (Å²) in [5.41, 5.74) is 2.07. The summed E-state index contributed by atoms with van der Waals surface area (Å²) in [7, 11) is 0. The summed E-state index contributed by atoms with van der Waals surface area (Å²) in [6.07, 6.45) is 0. The zero-order valence-electron chi connectivity index (χ0n) is 15.9. The van der Waals surface area contributed by atoms with Crippen molar-refractivity contribution in [1.82, 2.24) is 5.32 Å². The van der Waals surface area contributed by atoms with Crippen molar-refractivity contribution in [2.24, 2.45) is 0 Å². The maximum absolute atomic E-state index is 13.4. The maximum Gasteiger partial charge on any atom is 0.232 e. The molecule has 28 heavy (non-hydrogen) atoms. The Morgan fingerprint density at radius 2 is 1.32 bits per heavy atom. The average Bonchev–Trinajstić information content (AvgIpc) is 2.69. The summed E-state index contributed by atoms with van der Waals surface area (Å²) in [6, 6.07) is 26.9. The number of amides is 1. The van der Waals surface area contributed by atoms with Gasteiger partial charge in [-0.3, -0.25) is 4.79 Å². The topological polar surface area (TPSA) is 29.1 Å². The van der Waals surface area contributed by atoms with Crippen LogP contribution in [0.4, 0.5) is 0 Å². The summed E-state index contributed by atoms with van der Waals surface area (Å²) >= 11 is 11.7. The smallest absolute Gasteiger partial charge is 0.232 e. The number of hydrogen-bond acceptors (Lipinski definition) is 2. The Balaban J connectivity index is 1.89. The largest absolute Gasteiger partial charge is 0.345 e. The molecule has 1 N–H and O–H groups in total. The third-order valence-corrected chi connectivity index (χ3v) is 5.64. The van der Waals surface area contributed by atoms with Crippen molar-refractivity contribution in [2.45, 2.75) is 25.3 Å². The molecule has 0 aliphatic carbocycles. The van der Waals surface area contributed by atoms with Crippen molar-refractivity contribution in [3.63, 3.8) is 0 Å². The average molecular weight is 408 g/mol. The van der Waals surface area contributed by atoms with Gasteiger partial charge in [-0.15, -0.1) is 0 Å². The third kappa shape index (κ3) is 4.67. The molecule has 142 valence electrons. The van der Waals surface area contributed by atoms with Gasteiger partial charge in [-0.05, 0) is 42.7 Å². The second kappa shape index (κ2) is 8.68. The van der Waals surface area contributed by atoms with Crippen LogP contribution in [0.1, 0.15) is 36.5 Å². The van der Waals surface area contributed by atoms with Gasteiger partial charge < -0.3 is 5.32 Å². The zero-order valence-corrected chi connectivity index (χ0v) is 17.4. The van der Waals surface area contributed by atoms with Crippen LogP contribution in [0.2, 0.25) is 5.02 Å². The number of rotatable bonds is 6. The molecule has 0 bridgehead atoms. The Labute approximate surface area is 176 Å². The van der Waals surface area contributed by atoms with E-state index in [1.54, 1.807) is 12.1 Å². The molecule has 0 aromatic heterocycles. The number of carbonyl (C=O) groups is 1. The van der Waals surface area contributed by atoms with E-state index in [1.807, 2.05) is 86.6 Å². The Morgan fingerprint density at radius 3 is 1.79 bits per heavy atom. The van der Waals surface area contributed by atoms with Crippen LogP contribution >= 0.6 is 23.8 Å². The predicted octanol–water partition coefficient (Wildman–Crippen LogP) is 5.78. The van der Waals surface area contributed by atoms with Crippen LogP contribution in [-0.2, 0) is 4.79 Å². The molecular weight excluding hydrogens is 386 g/mol. The highest BCUT2D eigenvalue weighted by molar-refractivity contribution is 7.81. The van der Waals surface area contributed by atoms with Gasteiger partial charge in [0.15, 0.2) is 0 Å². The summed E-state index contributed by atoms with van der Waals surface area (Å²) in [5.74, 6) is -0.492. The molecule has 0 heterocycles. The molecule has 0 saturated heterocycles. The van der Waals surface area contributed by atoms with Crippen LogP contribution in [0, 0.1) is 0 Å². The van der Waals surface area contributed by atoms with Crippen LogP contribution in [0.3, 0.4) is 0 Å². The fourth-order valence-corrected chi connectivity index (χ4v) is 3.50. The maximum atomic E-state index is 13.4. The highest BCUT2D eigenvalue weighted by Crippen LogP contribution is 2.26. The van der Waals surface area contributed by atoms with Crippen molar-refractivity contribution in [3.8, 4) is 0 Å². The van der Waals surface area contributed by atoms with Gasteiger partial charge in [0.1, 0.15) is 0 Å². The van der Waals surface area contributed by atoms with E-state index in [0.29, 0.717) is 9.89 Å². The van der Waals surface area contributed by atoms with Gasteiger partial charge in [-0.25, -0.2) is 0 Å². The SMILES string of the molecule is CC(C)(NC(=O)C(c1ccccc1)c1ccccc1)C(=S)c1ccc(Cl)cc1. The van der Waals surface area contributed by atoms with Gasteiger partial charge in [0.2, 0.25) is 5.91 Å². The molecule has 0 atom stereocenters. The first-order valence-corrected chi connectivity index (χ1v) is 9.89. The minimum absolute atomic E-state index is 0.0845. The van der Waals surface area contributed by atoms with Crippen LogP contribution in [0.5, 0.6) is 0 Å². The normalized spacial score (nSPS) is 11.3. The van der Waals surface area contributed by atoms with E-state index in [-0.39, 0.29) is 5.91 Å². The molecule has 0 spiro atoms. The minimum atomic E-state index is -0.692. The Kier molecular flexibility index (Phi) is 6.28. The molecule has 4 heteroatoms. The molecule has 0 fully saturated rings. The molecule has 2 nitrogen and oxygen atoms in total. The van der Waals surface area contributed by atoms with Crippen molar-refractivity contribution in [2.75, 3.05) is 0 Å². The fraction of sp³-hybridized carbons (Fsp3) is 0.167. The lowest BCUT2D eigenvalue weighted by Gasteiger charge is -2.30. The van der Waals surface area contributed by atoms with Crippen molar-refractivity contribution in [3.05, 3.63) is 107 Å². The second-order valence-electron chi connectivity index (χ2n) is 7.20. The minimum Gasteiger partial charge on any atom is -0.345 e. The molecule has 0 aliphatic rings. The van der Waals surface area contributed by atoms with Crippen LogP contribution in [0.15, 0.2) is 84.9 Å².